The van der Waals surface area contributed by atoms with Crippen molar-refractivity contribution in [3.8, 4) is 0 Å². The molecule has 2 rings (SSSR count). The summed E-state index contributed by atoms with van der Waals surface area (Å²) in [5.41, 5.74) is 8.23. The molecule has 1 aromatic carbocycles. The van der Waals surface area contributed by atoms with Gasteiger partial charge in [0.2, 0.25) is 0 Å². The highest BCUT2D eigenvalue weighted by atomic mass is 16.4. The van der Waals surface area contributed by atoms with E-state index in [9.17, 15) is 4.79 Å². The molecule has 1 aliphatic rings. The fourth-order valence-electron chi connectivity index (χ4n) is 2.11. The topological polar surface area (TPSA) is 63.3 Å². The molecule has 1 aliphatic carbocycles. The van der Waals surface area contributed by atoms with Crippen LogP contribution < -0.4 is 5.73 Å². The maximum Gasteiger partial charge on any atom is 0.336 e. The lowest BCUT2D eigenvalue weighted by molar-refractivity contribution is 0.0694. The molecule has 3 heteroatoms. The largest absolute Gasteiger partial charge is 0.478 e. The molecule has 0 bridgehead atoms. The van der Waals surface area contributed by atoms with E-state index in [2.05, 4.69) is 0 Å². The van der Waals surface area contributed by atoms with E-state index in [1.807, 2.05) is 6.07 Å². The van der Waals surface area contributed by atoms with Crippen LogP contribution >= 0.6 is 0 Å². The Morgan fingerprint density at radius 3 is 3.00 bits per heavy atom. The molecule has 74 valence electrons. The Bertz CT molecular complexity index is 374. The van der Waals surface area contributed by atoms with Crippen molar-refractivity contribution in [2.75, 3.05) is 0 Å². The second-order valence-electron chi connectivity index (χ2n) is 3.68. The number of aryl methyl sites for hydroxylation is 1. The first kappa shape index (κ1) is 9.21. The predicted molar refractivity (Wildman–Crippen MR) is 53.3 cm³/mol. The van der Waals surface area contributed by atoms with Gasteiger partial charge in [0.15, 0.2) is 0 Å². The van der Waals surface area contributed by atoms with E-state index < -0.39 is 5.97 Å². The van der Waals surface area contributed by atoms with Gasteiger partial charge in [-0.05, 0) is 36.5 Å². The lowest BCUT2D eigenvalue weighted by Gasteiger charge is -2.23. The fraction of sp³-hybridized carbons (Fsp3) is 0.364. The maximum absolute atomic E-state index is 11.0. The molecule has 1 aromatic rings. The van der Waals surface area contributed by atoms with E-state index >= 15 is 0 Å². The van der Waals surface area contributed by atoms with Crippen molar-refractivity contribution in [2.24, 2.45) is 5.73 Å². The molecule has 3 nitrogen and oxygen atoms in total. The standard InChI is InChI=1S/C11H13NO2/c12-9-6-2-4-7-3-1-5-8(10(7)9)11(13)14/h1,3,5,9H,2,4,6,12H2,(H,13,14). The summed E-state index contributed by atoms with van der Waals surface area (Å²) in [7, 11) is 0. The minimum Gasteiger partial charge on any atom is -0.478 e. The van der Waals surface area contributed by atoms with Gasteiger partial charge in [0, 0.05) is 6.04 Å². The van der Waals surface area contributed by atoms with Crippen LogP contribution in [0.3, 0.4) is 0 Å². The molecule has 0 radical (unpaired) electrons. The van der Waals surface area contributed by atoms with E-state index in [0.717, 1.165) is 30.4 Å². The van der Waals surface area contributed by atoms with Gasteiger partial charge < -0.3 is 10.8 Å². The van der Waals surface area contributed by atoms with Gasteiger partial charge in [0.1, 0.15) is 0 Å². The van der Waals surface area contributed by atoms with E-state index in [0.29, 0.717) is 5.56 Å². The number of nitrogens with two attached hydrogens (primary N) is 1. The molecular weight excluding hydrogens is 178 g/mol. The first-order valence-electron chi connectivity index (χ1n) is 4.81. The quantitative estimate of drug-likeness (QED) is 0.710. The number of carboxylic acids is 1. The highest BCUT2D eigenvalue weighted by molar-refractivity contribution is 5.90. The van der Waals surface area contributed by atoms with Crippen molar-refractivity contribution in [1.82, 2.24) is 0 Å². The number of hydrogen-bond donors (Lipinski definition) is 2. The van der Waals surface area contributed by atoms with Crippen LogP contribution in [0.5, 0.6) is 0 Å². The first-order chi connectivity index (χ1) is 6.70. The number of carbonyl (C=O) groups is 1. The van der Waals surface area contributed by atoms with Crippen molar-refractivity contribution >= 4 is 5.97 Å². The summed E-state index contributed by atoms with van der Waals surface area (Å²) in [4.78, 5) is 11.0. The van der Waals surface area contributed by atoms with E-state index in [4.69, 9.17) is 10.8 Å². The molecule has 0 fully saturated rings. The predicted octanol–water partition coefficient (Wildman–Crippen LogP) is 1.72. The third-order valence-corrected chi connectivity index (χ3v) is 2.76. The summed E-state index contributed by atoms with van der Waals surface area (Å²) >= 11 is 0. The van der Waals surface area contributed by atoms with Crippen LogP contribution in [0, 0.1) is 0 Å². The van der Waals surface area contributed by atoms with Gasteiger partial charge in [-0.3, -0.25) is 0 Å². The SMILES string of the molecule is NC1CCCc2cccc(C(=O)O)c21. The number of aromatic carboxylic acids is 1. The van der Waals surface area contributed by atoms with Crippen molar-refractivity contribution in [3.63, 3.8) is 0 Å². The zero-order valence-electron chi connectivity index (χ0n) is 7.86. The molecule has 0 aliphatic heterocycles. The first-order valence-corrected chi connectivity index (χ1v) is 4.81. The molecule has 0 heterocycles. The Morgan fingerprint density at radius 1 is 1.50 bits per heavy atom. The van der Waals surface area contributed by atoms with Gasteiger partial charge >= 0.3 is 5.97 Å². The molecule has 0 saturated carbocycles. The van der Waals surface area contributed by atoms with Crippen LogP contribution in [0.25, 0.3) is 0 Å². The van der Waals surface area contributed by atoms with Crippen LogP contribution in [0.4, 0.5) is 0 Å². The summed E-state index contributed by atoms with van der Waals surface area (Å²) in [6.45, 7) is 0. The Morgan fingerprint density at radius 2 is 2.29 bits per heavy atom. The highest BCUT2D eigenvalue weighted by Gasteiger charge is 2.22. The molecule has 14 heavy (non-hydrogen) atoms. The van der Waals surface area contributed by atoms with Crippen LogP contribution in [0.15, 0.2) is 18.2 Å². The molecule has 3 N–H and O–H groups in total. The molecule has 0 amide bonds. The lowest BCUT2D eigenvalue weighted by atomic mass is 9.85. The smallest absolute Gasteiger partial charge is 0.336 e. The van der Waals surface area contributed by atoms with E-state index in [1.165, 1.54) is 0 Å². The number of carboxylic acid groups (broad SMARTS) is 1. The minimum atomic E-state index is -0.876. The van der Waals surface area contributed by atoms with Crippen molar-refractivity contribution in [2.45, 2.75) is 25.3 Å². The fourth-order valence-corrected chi connectivity index (χ4v) is 2.11. The Balaban J connectivity index is 2.57. The second kappa shape index (κ2) is 3.42. The van der Waals surface area contributed by atoms with Gasteiger partial charge in [-0.15, -0.1) is 0 Å². The summed E-state index contributed by atoms with van der Waals surface area (Å²) in [6.07, 6.45) is 2.89. The number of benzene rings is 1. The Hall–Kier alpha value is -1.35. The average molecular weight is 191 g/mol. The highest BCUT2D eigenvalue weighted by Crippen LogP contribution is 2.30. The van der Waals surface area contributed by atoms with Gasteiger partial charge in [0.25, 0.3) is 0 Å². The molecular formula is C11H13NO2. The van der Waals surface area contributed by atoms with Crippen LogP contribution in [0.2, 0.25) is 0 Å². The second-order valence-corrected chi connectivity index (χ2v) is 3.68. The number of rotatable bonds is 1. The maximum atomic E-state index is 11.0. The molecule has 1 atom stereocenters. The number of fused-ring (bicyclic) bond motifs is 1. The molecule has 0 saturated heterocycles. The third kappa shape index (κ3) is 1.40. The van der Waals surface area contributed by atoms with E-state index in [1.54, 1.807) is 12.1 Å². The zero-order valence-corrected chi connectivity index (χ0v) is 7.86. The molecule has 0 aromatic heterocycles. The van der Waals surface area contributed by atoms with E-state index in [-0.39, 0.29) is 6.04 Å². The Kier molecular flexibility index (Phi) is 2.25. The summed E-state index contributed by atoms with van der Waals surface area (Å²) in [6, 6.07) is 5.29. The van der Waals surface area contributed by atoms with Gasteiger partial charge in [-0.25, -0.2) is 4.79 Å². The summed E-state index contributed by atoms with van der Waals surface area (Å²) in [5.74, 6) is -0.876. The monoisotopic (exact) mass is 191 g/mol. The van der Waals surface area contributed by atoms with Gasteiger partial charge in [0.05, 0.1) is 5.56 Å². The minimum absolute atomic E-state index is 0.106. The number of hydrogen-bond acceptors (Lipinski definition) is 2. The summed E-state index contributed by atoms with van der Waals surface area (Å²) in [5, 5.41) is 9.00. The van der Waals surface area contributed by atoms with Crippen molar-refractivity contribution in [1.29, 1.82) is 0 Å². The van der Waals surface area contributed by atoms with Gasteiger partial charge in [-0.2, -0.15) is 0 Å². The lowest BCUT2D eigenvalue weighted by Crippen LogP contribution is -2.21. The molecule has 1 unspecified atom stereocenters. The van der Waals surface area contributed by atoms with Crippen LogP contribution in [0.1, 0.15) is 40.4 Å². The Labute approximate surface area is 82.5 Å². The van der Waals surface area contributed by atoms with Crippen molar-refractivity contribution in [3.05, 3.63) is 34.9 Å². The normalized spacial score (nSPS) is 20.2. The average Bonchev–Trinajstić information content (AvgIpc) is 2.17. The van der Waals surface area contributed by atoms with Gasteiger partial charge in [-0.1, -0.05) is 12.1 Å². The third-order valence-electron chi connectivity index (χ3n) is 2.76. The van der Waals surface area contributed by atoms with Crippen LogP contribution in [-0.2, 0) is 6.42 Å². The summed E-state index contributed by atoms with van der Waals surface area (Å²) < 4.78 is 0. The molecule has 0 spiro atoms. The van der Waals surface area contributed by atoms with Crippen LogP contribution in [-0.4, -0.2) is 11.1 Å². The zero-order chi connectivity index (χ0) is 10.1. The van der Waals surface area contributed by atoms with Crippen molar-refractivity contribution < 1.29 is 9.90 Å².